The highest BCUT2D eigenvalue weighted by Gasteiger charge is 2.38. The van der Waals surface area contributed by atoms with Crippen LogP contribution in [-0.4, -0.2) is 5.60 Å². The summed E-state index contributed by atoms with van der Waals surface area (Å²) in [7, 11) is 0. The summed E-state index contributed by atoms with van der Waals surface area (Å²) in [6.07, 6.45) is 3.24. The van der Waals surface area contributed by atoms with Crippen molar-refractivity contribution in [1.82, 2.24) is 0 Å². The normalized spacial score (nSPS) is 17.7. The Morgan fingerprint density at radius 2 is 1.82 bits per heavy atom. The molecule has 0 N–H and O–H groups in total. The van der Waals surface area contributed by atoms with Crippen LogP contribution in [0.25, 0.3) is 0 Å². The lowest BCUT2D eigenvalue weighted by atomic mass is 9.80. The van der Waals surface area contributed by atoms with E-state index in [1.54, 1.807) is 0 Å². The minimum absolute atomic E-state index is 0.0453. The second kappa shape index (κ2) is 4.04. The van der Waals surface area contributed by atoms with Gasteiger partial charge in [-0.2, -0.15) is 0 Å². The fourth-order valence-corrected chi connectivity index (χ4v) is 2.78. The summed E-state index contributed by atoms with van der Waals surface area (Å²) in [5.74, 6) is 1.11. The minimum atomic E-state index is 0.0453. The van der Waals surface area contributed by atoms with Gasteiger partial charge < -0.3 is 4.74 Å². The lowest BCUT2D eigenvalue weighted by Gasteiger charge is -2.26. The van der Waals surface area contributed by atoms with Gasteiger partial charge in [-0.05, 0) is 29.9 Å². The molecule has 1 heteroatoms. The van der Waals surface area contributed by atoms with Gasteiger partial charge in [-0.3, -0.25) is 0 Å². The van der Waals surface area contributed by atoms with E-state index >= 15 is 0 Å². The highest BCUT2D eigenvalue weighted by Crippen LogP contribution is 2.43. The molecule has 0 fully saturated rings. The van der Waals surface area contributed by atoms with Crippen molar-refractivity contribution in [3.63, 3.8) is 0 Å². The molecule has 1 heterocycles. The van der Waals surface area contributed by atoms with Crippen LogP contribution in [0.15, 0.2) is 18.2 Å². The average Bonchev–Trinajstić information content (AvgIpc) is 2.66. The van der Waals surface area contributed by atoms with Gasteiger partial charge in [0.05, 0.1) is 0 Å². The highest BCUT2D eigenvalue weighted by molar-refractivity contribution is 5.47. The molecule has 94 valence electrons. The summed E-state index contributed by atoms with van der Waals surface area (Å²) in [6, 6.07) is 6.50. The number of hydrogen-bond acceptors (Lipinski definition) is 1. The van der Waals surface area contributed by atoms with Gasteiger partial charge in [-0.25, -0.2) is 0 Å². The van der Waals surface area contributed by atoms with Crippen molar-refractivity contribution >= 4 is 0 Å². The third-order valence-electron chi connectivity index (χ3n) is 4.06. The van der Waals surface area contributed by atoms with Crippen LogP contribution in [-0.2, 0) is 11.8 Å². The first-order valence-electron chi connectivity index (χ1n) is 6.73. The Bertz CT molecular complexity index is 408. The van der Waals surface area contributed by atoms with E-state index in [9.17, 15) is 0 Å². The average molecular weight is 232 g/mol. The Labute approximate surface area is 105 Å². The van der Waals surface area contributed by atoms with Crippen LogP contribution in [0, 0.1) is 0 Å². The number of ether oxygens (including phenoxy) is 1. The predicted molar refractivity (Wildman–Crippen MR) is 72.8 cm³/mol. The standard InChI is InChI=1S/C16H24O/c1-6-16(7-2)11-12-13(15(3,4)5)9-8-10-14(12)17-16/h8-10H,6-7,11H2,1-5H3. The van der Waals surface area contributed by atoms with E-state index < -0.39 is 0 Å². The summed E-state index contributed by atoms with van der Waals surface area (Å²) in [5.41, 5.74) is 3.12. The molecule has 1 nitrogen and oxygen atoms in total. The maximum atomic E-state index is 6.23. The molecule has 0 radical (unpaired) electrons. The number of benzene rings is 1. The van der Waals surface area contributed by atoms with Gasteiger partial charge in [-0.15, -0.1) is 0 Å². The molecule has 0 aliphatic carbocycles. The predicted octanol–water partition coefficient (Wildman–Crippen LogP) is 4.48. The fraction of sp³-hybridized carbons (Fsp3) is 0.625. The van der Waals surface area contributed by atoms with E-state index in [1.807, 2.05) is 0 Å². The monoisotopic (exact) mass is 232 g/mol. The molecule has 1 aromatic carbocycles. The summed E-state index contributed by atoms with van der Waals surface area (Å²) in [6.45, 7) is 11.3. The Morgan fingerprint density at radius 3 is 2.35 bits per heavy atom. The molecule has 1 aliphatic rings. The first-order chi connectivity index (χ1) is 7.92. The first kappa shape index (κ1) is 12.5. The van der Waals surface area contributed by atoms with Crippen molar-refractivity contribution in [1.29, 1.82) is 0 Å². The van der Waals surface area contributed by atoms with Crippen molar-refractivity contribution in [2.75, 3.05) is 0 Å². The summed E-state index contributed by atoms with van der Waals surface area (Å²) in [5, 5.41) is 0. The summed E-state index contributed by atoms with van der Waals surface area (Å²) < 4.78 is 6.23. The highest BCUT2D eigenvalue weighted by atomic mass is 16.5. The second-order valence-electron chi connectivity index (χ2n) is 6.20. The minimum Gasteiger partial charge on any atom is -0.487 e. The van der Waals surface area contributed by atoms with Crippen molar-refractivity contribution in [3.05, 3.63) is 29.3 Å². The maximum Gasteiger partial charge on any atom is 0.123 e. The fourth-order valence-electron chi connectivity index (χ4n) is 2.78. The van der Waals surface area contributed by atoms with Gasteiger partial charge in [0.25, 0.3) is 0 Å². The molecular formula is C16H24O. The molecule has 0 spiro atoms. The van der Waals surface area contributed by atoms with Crippen molar-refractivity contribution in [3.8, 4) is 5.75 Å². The zero-order valence-corrected chi connectivity index (χ0v) is 11.8. The molecule has 0 saturated carbocycles. The Balaban J connectivity index is 2.45. The molecule has 1 aliphatic heterocycles. The van der Waals surface area contributed by atoms with Crippen LogP contribution in [0.4, 0.5) is 0 Å². The molecule has 0 bridgehead atoms. The van der Waals surface area contributed by atoms with Crippen LogP contribution < -0.4 is 4.74 Å². The van der Waals surface area contributed by atoms with Crippen LogP contribution in [0.2, 0.25) is 0 Å². The molecular weight excluding hydrogens is 208 g/mol. The quantitative estimate of drug-likeness (QED) is 0.730. The first-order valence-corrected chi connectivity index (χ1v) is 6.73. The van der Waals surface area contributed by atoms with Gasteiger partial charge in [0.2, 0.25) is 0 Å². The lowest BCUT2D eigenvalue weighted by molar-refractivity contribution is 0.0857. The third-order valence-corrected chi connectivity index (χ3v) is 4.06. The topological polar surface area (TPSA) is 9.23 Å². The molecule has 1 aromatic rings. The molecule has 0 unspecified atom stereocenters. The van der Waals surface area contributed by atoms with Crippen molar-refractivity contribution in [2.24, 2.45) is 0 Å². The smallest absolute Gasteiger partial charge is 0.123 e. The lowest BCUT2D eigenvalue weighted by Crippen LogP contribution is -2.32. The van der Waals surface area contributed by atoms with Gasteiger partial charge >= 0.3 is 0 Å². The summed E-state index contributed by atoms with van der Waals surface area (Å²) in [4.78, 5) is 0. The number of hydrogen-bond donors (Lipinski definition) is 0. The van der Waals surface area contributed by atoms with E-state index in [4.69, 9.17) is 4.74 Å². The van der Waals surface area contributed by atoms with Gasteiger partial charge in [0.15, 0.2) is 0 Å². The number of fused-ring (bicyclic) bond motifs is 1. The third kappa shape index (κ3) is 2.08. The van der Waals surface area contributed by atoms with Gasteiger partial charge in [-0.1, -0.05) is 46.8 Å². The zero-order valence-electron chi connectivity index (χ0n) is 11.8. The Morgan fingerprint density at radius 1 is 1.18 bits per heavy atom. The second-order valence-corrected chi connectivity index (χ2v) is 6.20. The molecule has 0 saturated heterocycles. The Kier molecular flexibility index (Phi) is 2.97. The van der Waals surface area contributed by atoms with Gasteiger partial charge in [0, 0.05) is 12.0 Å². The molecule has 2 rings (SSSR count). The van der Waals surface area contributed by atoms with E-state index in [-0.39, 0.29) is 11.0 Å². The largest absolute Gasteiger partial charge is 0.487 e. The molecule has 17 heavy (non-hydrogen) atoms. The number of rotatable bonds is 2. The molecule has 0 amide bonds. The van der Waals surface area contributed by atoms with Crippen molar-refractivity contribution in [2.45, 2.75) is 64.9 Å². The molecule has 0 aromatic heterocycles. The van der Waals surface area contributed by atoms with E-state index in [2.05, 4.69) is 52.8 Å². The Hall–Kier alpha value is -0.980. The SMILES string of the molecule is CCC1(CC)Cc2c(cccc2C(C)(C)C)O1. The van der Waals surface area contributed by atoms with Crippen LogP contribution in [0.3, 0.4) is 0 Å². The van der Waals surface area contributed by atoms with Crippen LogP contribution in [0.1, 0.15) is 58.6 Å². The molecule has 0 atom stereocenters. The maximum absolute atomic E-state index is 6.23. The summed E-state index contributed by atoms with van der Waals surface area (Å²) >= 11 is 0. The van der Waals surface area contributed by atoms with Gasteiger partial charge in [0.1, 0.15) is 11.4 Å². The van der Waals surface area contributed by atoms with E-state index in [0.717, 1.165) is 25.0 Å². The van der Waals surface area contributed by atoms with Crippen LogP contribution in [0.5, 0.6) is 5.75 Å². The van der Waals surface area contributed by atoms with Crippen LogP contribution >= 0.6 is 0 Å². The van der Waals surface area contributed by atoms with E-state index in [0.29, 0.717) is 0 Å². The van der Waals surface area contributed by atoms with E-state index in [1.165, 1.54) is 11.1 Å². The van der Waals surface area contributed by atoms with Crippen molar-refractivity contribution < 1.29 is 4.74 Å². The zero-order chi connectivity index (χ0) is 12.7.